The Bertz CT molecular complexity index is 38.2. The van der Waals surface area contributed by atoms with E-state index in [1.165, 1.54) is 6.42 Å². The van der Waals surface area contributed by atoms with Crippen molar-refractivity contribution in [3.63, 3.8) is 0 Å². The van der Waals surface area contributed by atoms with Crippen LogP contribution in [-0.2, 0) is 4.57 Å². The zero-order valence-electron chi connectivity index (χ0n) is 2.77. The molecule has 5 heavy (non-hydrogen) atoms. The molecule has 1 nitrogen and oxygen atoms in total. The lowest BCUT2D eigenvalue weighted by Gasteiger charge is -1.15. The Labute approximate surface area is 33.3 Å². The molecule has 0 saturated carbocycles. The van der Waals surface area contributed by atoms with Crippen LogP contribution in [0.5, 0.6) is 0 Å². The second-order valence-electron chi connectivity index (χ2n) is 0.707. The predicted octanol–water partition coefficient (Wildman–Crippen LogP) is 1.42. The van der Waals surface area contributed by atoms with E-state index in [0.29, 0.717) is 0 Å². The number of rotatable bonds is 0. The van der Waals surface area contributed by atoms with Crippen molar-refractivity contribution in [1.82, 2.24) is 0 Å². The van der Waals surface area contributed by atoms with Crippen LogP contribution in [0.1, 0.15) is 6.42 Å². The molecule has 1 rings (SSSR count). The largest absolute Gasteiger partial charge is 0.279 e. The summed E-state index contributed by atoms with van der Waals surface area (Å²) >= 11 is 0. The number of hydrogen-bond donors (Lipinski definition) is 0. The lowest BCUT2D eigenvalue weighted by atomic mass is 10.9. The second kappa shape index (κ2) is 3.84. The maximum Gasteiger partial charge on any atom is 0.138 e. The fraction of sp³-hybridized carbons (Fsp3) is 0.333. The molecule has 0 N–H and O–H groups in total. The molecular formula is C3H5OP. The zero-order chi connectivity index (χ0) is 4.12. The fourth-order valence-electron chi connectivity index (χ4n) is 0. The molecule has 0 aromatic heterocycles. The highest BCUT2D eigenvalue weighted by Crippen LogP contribution is 1.96. The minimum atomic E-state index is 1.25. The van der Waals surface area contributed by atoms with Crippen molar-refractivity contribution in [3.05, 3.63) is 12.2 Å². The molecule has 0 aromatic carbocycles. The van der Waals surface area contributed by atoms with Gasteiger partial charge in [-0.25, -0.2) is 0 Å². The van der Waals surface area contributed by atoms with Gasteiger partial charge in [-0.2, -0.15) is 0 Å². The van der Waals surface area contributed by atoms with Crippen molar-refractivity contribution in [2.75, 3.05) is 0 Å². The standard InChI is InChI=1S/C3H4.HOP/c1-2-3-1;1-2/h1-2H,3H2;2H. The summed E-state index contributed by atoms with van der Waals surface area (Å²) in [6.07, 6.45) is 5.50. The van der Waals surface area contributed by atoms with Crippen LogP contribution in [0.15, 0.2) is 12.2 Å². The van der Waals surface area contributed by atoms with Gasteiger partial charge in [-0.15, -0.1) is 0 Å². The number of allylic oxidation sites excluding steroid dienone is 2. The Hall–Kier alpha value is -0.160. The third-order valence-corrected chi connectivity index (χ3v) is 0.236. The first kappa shape index (κ1) is 4.84. The molecule has 28 valence electrons. The molecule has 2 heteroatoms. The first-order valence-electron chi connectivity index (χ1n) is 1.35. The maximum atomic E-state index is 8.06. The molecule has 0 fully saturated rings. The summed E-state index contributed by atoms with van der Waals surface area (Å²) in [7, 11) is 1.72. The van der Waals surface area contributed by atoms with Gasteiger partial charge in [-0.05, 0) is 6.42 Å². The molecule has 1 aliphatic rings. The van der Waals surface area contributed by atoms with Crippen LogP contribution >= 0.6 is 9.12 Å². The molecule has 0 atom stereocenters. The van der Waals surface area contributed by atoms with Crippen LogP contribution in [0.3, 0.4) is 0 Å². The van der Waals surface area contributed by atoms with Crippen LogP contribution in [-0.4, -0.2) is 0 Å². The zero-order valence-corrected chi connectivity index (χ0v) is 3.77. The average Bonchev–Trinajstić information content (AvgIpc) is 2.19. The third kappa shape index (κ3) is 18.4. The van der Waals surface area contributed by atoms with Crippen molar-refractivity contribution in [2.45, 2.75) is 6.42 Å². The van der Waals surface area contributed by atoms with E-state index in [0.717, 1.165) is 0 Å². The Kier molecular flexibility index (Phi) is 3.72. The first-order chi connectivity index (χ1) is 2.50. The summed E-state index contributed by atoms with van der Waals surface area (Å²) in [5, 5.41) is 0. The Morgan fingerprint density at radius 1 is 1.40 bits per heavy atom. The predicted molar refractivity (Wildman–Crippen MR) is 22.8 cm³/mol. The first-order valence-corrected chi connectivity index (χ1v) is 1.76. The van der Waals surface area contributed by atoms with E-state index >= 15 is 0 Å². The lowest BCUT2D eigenvalue weighted by Crippen LogP contribution is -0.956. The summed E-state index contributed by atoms with van der Waals surface area (Å²) in [6, 6.07) is 0. The van der Waals surface area contributed by atoms with Gasteiger partial charge in [0.05, 0.1) is 0 Å². The van der Waals surface area contributed by atoms with Gasteiger partial charge >= 0.3 is 0 Å². The van der Waals surface area contributed by atoms with Crippen LogP contribution in [0.4, 0.5) is 0 Å². The topological polar surface area (TPSA) is 17.1 Å². The minimum absolute atomic E-state index is 1.25. The van der Waals surface area contributed by atoms with Crippen molar-refractivity contribution in [2.24, 2.45) is 0 Å². The molecule has 0 aliphatic heterocycles. The third-order valence-electron chi connectivity index (χ3n) is 0.236. The smallest absolute Gasteiger partial charge is 0.138 e. The Balaban J connectivity index is 0.0000000733. The van der Waals surface area contributed by atoms with E-state index in [9.17, 15) is 0 Å². The Morgan fingerprint density at radius 3 is 1.60 bits per heavy atom. The molecule has 0 spiro atoms. The number of hydrogen-bond acceptors (Lipinski definition) is 1. The van der Waals surface area contributed by atoms with Gasteiger partial charge in [0.1, 0.15) is 9.12 Å². The van der Waals surface area contributed by atoms with Crippen LogP contribution in [0, 0.1) is 0 Å². The molecule has 0 bridgehead atoms. The van der Waals surface area contributed by atoms with Gasteiger partial charge in [0, 0.05) is 0 Å². The van der Waals surface area contributed by atoms with Crippen molar-refractivity contribution < 1.29 is 4.57 Å². The quantitative estimate of drug-likeness (QED) is 0.323. The molecule has 1 aliphatic carbocycles. The SMILES string of the molecule is C1=CC1.O=P. The van der Waals surface area contributed by atoms with Gasteiger partial charge in [-0.1, -0.05) is 12.2 Å². The summed E-state index contributed by atoms with van der Waals surface area (Å²) in [5.41, 5.74) is 0. The van der Waals surface area contributed by atoms with Gasteiger partial charge in [0.15, 0.2) is 0 Å². The van der Waals surface area contributed by atoms with Crippen molar-refractivity contribution >= 4 is 9.12 Å². The lowest BCUT2D eigenvalue weighted by molar-refractivity contribution is 0.607. The van der Waals surface area contributed by atoms with E-state index in [1.807, 2.05) is 0 Å². The monoisotopic (exact) mass is 88.0 g/mol. The highest BCUT2D eigenvalue weighted by atomic mass is 31.0. The van der Waals surface area contributed by atoms with Crippen molar-refractivity contribution in [3.8, 4) is 0 Å². The molecule has 0 aromatic rings. The van der Waals surface area contributed by atoms with E-state index in [4.69, 9.17) is 4.57 Å². The summed E-state index contributed by atoms with van der Waals surface area (Å²) in [6.45, 7) is 0. The molecule has 0 saturated heterocycles. The normalized spacial score (nSPS) is 12.0. The fourth-order valence-corrected chi connectivity index (χ4v) is 0. The average molecular weight is 88.0 g/mol. The van der Waals surface area contributed by atoms with E-state index in [-0.39, 0.29) is 0 Å². The van der Waals surface area contributed by atoms with Gasteiger partial charge in [0.25, 0.3) is 0 Å². The molecule has 0 radical (unpaired) electrons. The van der Waals surface area contributed by atoms with E-state index < -0.39 is 0 Å². The van der Waals surface area contributed by atoms with Crippen LogP contribution in [0.2, 0.25) is 0 Å². The Morgan fingerprint density at radius 2 is 1.60 bits per heavy atom. The van der Waals surface area contributed by atoms with Gasteiger partial charge < -0.3 is 0 Å². The highest BCUT2D eigenvalue weighted by molar-refractivity contribution is 7.00. The van der Waals surface area contributed by atoms with Crippen molar-refractivity contribution in [1.29, 1.82) is 0 Å². The van der Waals surface area contributed by atoms with Gasteiger partial charge in [0.2, 0.25) is 0 Å². The molecule has 0 heterocycles. The maximum absolute atomic E-state index is 8.06. The van der Waals surface area contributed by atoms with Crippen LogP contribution in [0.25, 0.3) is 0 Å². The van der Waals surface area contributed by atoms with Crippen LogP contribution < -0.4 is 0 Å². The second-order valence-corrected chi connectivity index (χ2v) is 0.707. The summed E-state index contributed by atoms with van der Waals surface area (Å²) in [5.74, 6) is 0. The van der Waals surface area contributed by atoms with E-state index in [2.05, 4.69) is 12.2 Å². The molecular weight excluding hydrogens is 83.0 g/mol. The molecule has 0 unspecified atom stereocenters. The highest BCUT2D eigenvalue weighted by Gasteiger charge is 1.75. The summed E-state index contributed by atoms with van der Waals surface area (Å²) in [4.78, 5) is 0. The molecule has 0 amide bonds. The summed E-state index contributed by atoms with van der Waals surface area (Å²) < 4.78 is 8.06. The van der Waals surface area contributed by atoms with E-state index in [1.54, 1.807) is 9.12 Å². The van der Waals surface area contributed by atoms with Gasteiger partial charge in [-0.3, -0.25) is 4.57 Å². The minimum Gasteiger partial charge on any atom is -0.279 e.